The van der Waals surface area contributed by atoms with E-state index in [9.17, 15) is 19.5 Å². The van der Waals surface area contributed by atoms with Crippen LogP contribution < -0.4 is 5.32 Å². The van der Waals surface area contributed by atoms with Gasteiger partial charge in [0.25, 0.3) is 0 Å². The quantitative estimate of drug-likeness (QED) is 0.287. The molecule has 12 heteroatoms. The summed E-state index contributed by atoms with van der Waals surface area (Å²) >= 11 is 0. The van der Waals surface area contributed by atoms with Gasteiger partial charge < -0.3 is 34.1 Å². The lowest BCUT2D eigenvalue weighted by molar-refractivity contribution is -0.201. The average Bonchev–Trinajstić information content (AvgIpc) is 3.44. The Kier molecular flexibility index (Phi) is 8.48. The molecule has 46 heavy (non-hydrogen) atoms. The number of carbonyl (C=O) groups is 3. The van der Waals surface area contributed by atoms with Crippen molar-refractivity contribution < 1.29 is 48.0 Å². The summed E-state index contributed by atoms with van der Waals surface area (Å²) in [7, 11) is 0. The molecule has 2 saturated carbocycles. The number of ether oxygens (including phenoxy) is 5. The molecule has 10 atom stereocenters. The number of rotatable bonds is 10. The second-order valence-electron chi connectivity index (χ2n) is 14.4. The summed E-state index contributed by atoms with van der Waals surface area (Å²) in [6, 6.07) is 6.15. The fraction of sp³-hybridized carbons (Fsp3) is 0.676. The Hall–Kier alpha value is -2.87. The number of aliphatic hydroxyl groups is 1. The molecule has 7 rings (SSSR count). The van der Waals surface area contributed by atoms with Gasteiger partial charge in [-0.25, -0.2) is 0 Å². The van der Waals surface area contributed by atoms with E-state index < -0.39 is 72.0 Å². The lowest BCUT2D eigenvalue weighted by atomic mass is 9.62. The summed E-state index contributed by atoms with van der Waals surface area (Å²) in [5.41, 5.74) is -0.0689. The Morgan fingerprint density at radius 1 is 1.15 bits per heavy atom. The summed E-state index contributed by atoms with van der Waals surface area (Å²) in [6.07, 6.45) is 6.09. The van der Waals surface area contributed by atoms with Crippen LogP contribution in [-0.4, -0.2) is 95.7 Å². The van der Waals surface area contributed by atoms with E-state index >= 15 is 0 Å². The van der Waals surface area contributed by atoms with Gasteiger partial charge in [0.15, 0.2) is 6.04 Å². The normalized spacial score (nSPS) is 36.9. The predicted octanol–water partition coefficient (Wildman–Crippen LogP) is 2.41. The molecule has 4 heterocycles. The number of amides is 1. The van der Waals surface area contributed by atoms with Crippen LogP contribution in [0.3, 0.4) is 0 Å². The van der Waals surface area contributed by atoms with E-state index in [2.05, 4.69) is 17.5 Å². The smallest absolute Gasteiger partial charge is 0.327 e. The molecular formula is C34H44N2O10. The molecule has 0 aromatic heterocycles. The number of nitrogens with zero attached hydrogens (tertiary/aromatic N) is 1. The van der Waals surface area contributed by atoms with E-state index in [4.69, 9.17) is 28.5 Å². The third-order valence-corrected chi connectivity index (χ3v) is 10.1. The van der Waals surface area contributed by atoms with E-state index in [1.165, 1.54) is 0 Å². The van der Waals surface area contributed by atoms with Crippen LogP contribution in [0.4, 0.5) is 0 Å². The molecule has 2 N–H and O–H groups in total. The van der Waals surface area contributed by atoms with Crippen molar-refractivity contribution in [2.45, 2.75) is 120 Å². The van der Waals surface area contributed by atoms with Gasteiger partial charge in [0.05, 0.1) is 31.4 Å². The summed E-state index contributed by atoms with van der Waals surface area (Å²) in [6.45, 7) is 5.19. The van der Waals surface area contributed by atoms with Gasteiger partial charge in [-0.3, -0.25) is 19.2 Å². The standard InChI is InChI=1S/C34H44N2O10/c1-33(2,3)45-26(38)13-11-22(17-37)35-32(40)34-15-25-27-28(42-18-41-27)30(34)46-36(29(34)31(39)44-25)16-21-7-5-4-6-20(21)10-8-19-9-12-23-24(14-19)43-23/h4-8,10,19,22-25,27-30,37H,9,11-18H2,1-3H3,(H,35,40)/t19?,22-,23?,24?,25+,27-,28-,29-,30+,34-/m0/s1. The van der Waals surface area contributed by atoms with E-state index in [1.54, 1.807) is 25.8 Å². The molecule has 6 fully saturated rings. The summed E-state index contributed by atoms with van der Waals surface area (Å²) in [5.74, 6) is -0.986. The Balaban J connectivity index is 1.12. The van der Waals surface area contributed by atoms with E-state index in [1.807, 2.05) is 24.3 Å². The number of allylic oxidation sites excluding steroid dienone is 1. The van der Waals surface area contributed by atoms with Crippen LogP contribution in [0.2, 0.25) is 0 Å². The van der Waals surface area contributed by atoms with Gasteiger partial charge in [0, 0.05) is 12.8 Å². The number of benzene rings is 1. The van der Waals surface area contributed by atoms with Crippen molar-refractivity contribution in [3.05, 3.63) is 41.5 Å². The van der Waals surface area contributed by atoms with Gasteiger partial charge >= 0.3 is 11.9 Å². The molecule has 1 aromatic rings. The highest BCUT2D eigenvalue weighted by Crippen LogP contribution is 2.55. The number of esters is 2. The molecule has 4 aliphatic heterocycles. The van der Waals surface area contributed by atoms with Crippen molar-refractivity contribution in [1.29, 1.82) is 0 Å². The molecule has 0 spiro atoms. The molecule has 1 aromatic carbocycles. The zero-order valence-electron chi connectivity index (χ0n) is 26.6. The van der Waals surface area contributed by atoms with Crippen molar-refractivity contribution in [2.24, 2.45) is 11.3 Å². The topological polar surface area (TPSA) is 145 Å². The fourth-order valence-corrected chi connectivity index (χ4v) is 7.90. The van der Waals surface area contributed by atoms with E-state index in [0.717, 1.165) is 30.4 Å². The van der Waals surface area contributed by atoms with Gasteiger partial charge in [-0.1, -0.05) is 36.4 Å². The lowest BCUT2D eigenvalue weighted by Gasteiger charge is -2.49. The van der Waals surface area contributed by atoms with Crippen molar-refractivity contribution >= 4 is 23.9 Å². The Morgan fingerprint density at radius 3 is 2.74 bits per heavy atom. The number of nitrogens with one attached hydrogen (secondary N) is 1. The largest absolute Gasteiger partial charge is 0.460 e. The first kappa shape index (κ1) is 31.7. The maximum Gasteiger partial charge on any atom is 0.327 e. The first-order chi connectivity index (χ1) is 22.1. The first-order valence-electron chi connectivity index (χ1n) is 16.5. The first-order valence-corrected chi connectivity index (χ1v) is 16.5. The second kappa shape index (κ2) is 12.3. The van der Waals surface area contributed by atoms with E-state index in [-0.39, 0.29) is 32.6 Å². The molecular weight excluding hydrogens is 596 g/mol. The van der Waals surface area contributed by atoms with Crippen LogP contribution in [0.5, 0.6) is 0 Å². The Morgan fingerprint density at radius 2 is 1.96 bits per heavy atom. The molecule has 2 aliphatic carbocycles. The highest BCUT2D eigenvalue weighted by Gasteiger charge is 2.74. The van der Waals surface area contributed by atoms with Crippen molar-refractivity contribution in [3.63, 3.8) is 0 Å². The SMILES string of the molecule is CC(C)(C)OC(=O)CC[C@@H](CO)NC(=O)[C@@]12C[C@H]3OC(=O)[C@@H]1N(Cc1ccccc1C=CC1CCC4OC4C1)O[C@@H]2[C@H]1OCO[C@H]13. The highest BCUT2D eigenvalue weighted by atomic mass is 16.8. The van der Waals surface area contributed by atoms with Gasteiger partial charge in [0.2, 0.25) is 5.91 Å². The highest BCUT2D eigenvalue weighted by molar-refractivity contribution is 5.93. The zero-order chi connectivity index (χ0) is 32.2. The number of hydrogen-bond acceptors (Lipinski definition) is 11. The zero-order valence-corrected chi connectivity index (χ0v) is 26.6. The van der Waals surface area contributed by atoms with Crippen molar-refractivity contribution in [2.75, 3.05) is 13.4 Å². The molecule has 4 saturated heterocycles. The van der Waals surface area contributed by atoms with Gasteiger partial charge in [-0.05, 0) is 63.5 Å². The van der Waals surface area contributed by atoms with Gasteiger partial charge in [-0.15, -0.1) is 0 Å². The van der Waals surface area contributed by atoms with Crippen LogP contribution in [0.25, 0.3) is 6.08 Å². The fourth-order valence-electron chi connectivity index (χ4n) is 7.90. The molecule has 12 nitrogen and oxygen atoms in total. The molecule has 250 valence electrons. The summed E-state index contributed by atoms with van der Waals surface area (Å²) < 4.78 is 28.8. The predicted molar refractivity (Wildman–Crippen MR) is 161 cm³/mol. The van der Waals surface area contributed by atoms with Gasteiger partial charge in [0.1, 0.15) is 42.2 Å². The second-order valence-corrected chi connectivity index (χ2v) is 14.4. The number of hydroxylamine groups is 2. The third-order valence-electron chi connectivity index (χ3n) is 10.1. The Bertz CT molecular complexity index is 1380. The van der Waals surface area contributed by atoms with Crippen LogP contribution >= 0.6 is 0 Å². The number of fused-ring (bicyclic) bond motifs is 5. The number of epoxide rings is 1. The maximum atomic E-state index is 14.4. The van der Waals surface area contributed by atoms with Gasteiger partial charge in [-0.2, -0.15) is 5.06 Å². The minimum absolute atomic E-state index is 0.00218. The number of hydrogen-bond donors (Lipinski definition) is 2. The number of carbonyl (C=O) groups excluding carboxylic acids is 3. The van der Waals surface area contributed by atoms with Crippen LogP contribution in [0.1, 0.15) is 70.4 Å². The summed E-state index contributed by atoms with van der Waals surface area (Å²) in [5, 5.41) is 14.7. The summed E-state index contributed by atoms with van der Waals surface area (Å²) in [4.78, 5) is 47.0. The van der Waals surface area contributed by atoms with Crippen molar-refractivity contribution in [1.82, 2.24) is 10.4 Å². The lowest BCUT2D eigenvalue weighted by Crippen LogP contribution is -2.70. The minimum atomic E-state index is -1.36. The molecule has 3 unspecified atom stereocenters. The Labute approximate surface area is 268 Å². The molecule has 1 amide bonds. The monoisotopic (exact) mass is 640 g/mol. The van der Waals surface area contributed by atoms with E-state index in [0.29, 0.717) is 18.1 Å². The molecule has 0 radical (unpaired) electrons. The van der Waals surface area contributed by atoms with Crippen LogP contribution in [0, 0.1) is 11.3 Å². The average molecular weight is 641 g/mol. The van der Waals surface area contributed by atoms with Crippen molar-refractivity contribution in [3.8, 4) is 0 Å². The van der Waals surface area contributed by atoms with Crippen LogP contribution in [0.15, 0.2) is 30.3 Å². The maximum absolute atomic E-state index is 14.4. The third kappa shape index (κ3) is 5.99. The van der Waals surface area contributed by atoms with Crippen LogP contribution in [-0.2, 0) is 49.5 Å². The minimum Gasteiger partial charge on any atom is -0.460 e. The number of aliphatic hydroxyl groups excluding tert-OH is 1. The molecule has 2 bridgehead atoms. The molecule has 6 aliphatic rings.